The van der Waals surface area contributed by atoms with Gasteiger partial charge in [-0.1, -0.05) is 33.8 Å². The van der Waals surface area contributed by atoms with Crippen molar-refractivity contribution in [3.05, 3.63) is 29.3 Å². The van der Waals surface area contributed by atoms with Crippen molar-refractivity contribution in [1.29, 1.82) is 0 Å². The number of anilines is 1. The number of halogens is 2. The molecule has 4 nitrogen and oxygen atoms in total. The van der Waals surface area contributed by atoms with Crippen LogP contribution in [0.5, 0.6) is 0 Å². The number of hydrogen-bond acceptors (Lipinski definition) is 3. The van der Waals surface area contributed by atoms with E-state index < -0.39 is 0 Å². The highest BCUT2D eigenvalue weighted by Gasteiger charge is 2.23. The number of nitrogens with two attached hydrogens (primary N) is 1. The Morgan fingerprint density at radius 1 is 1.24 bits per heavy atom. The molecular formula is C19H35Cl2N3O. The lowest BCUT2D eigenvalue weighted by Gasteiger charge is -2.29. The SMILES string of the molecule is Cc1c(NC(C)C(C)C)cccc1C(=O)N(C)CC(C)(C)CN.Cl.Cl. The lowest BCUT2D eigenvalue weighted by molar-refractivity contribution is 0.0740. The van der Waals surface area contributed by atoms with Gasteiger partial charge in [0.15, 0.2) is 0 Å². The van der Waals surface area contributed by atoms with Gasteiger partial charge in [-0.2, -0.15) is 0 Å². The van der Waals surface area contributed by atoms with E-state index in [9.17, 15) is 4.79 Å². The predicted molar refractivity (Wildman–Crippen MR) is 113 cm³/mol. The van der Waals surface area contributed by atoms with Crippen LogP contribution in [0.15, 0.2) is 18.2 Å². The Bertz CT molecular complexity index is 547. The van der Waals surface area contributed by atoms with Gasteiger partial charge in [0.25, 0.3) is 5.91 Å². The van der Waals surface area contributed by atoms with Crippen molar-refractivity contribution in [2.75, 3.05) is 25.5 Å². The Kier molecular flexibility index (Phi) is 11.4. The zero-order valence-corrected chi connectivity index (χ0v) is 18.2. The van der Waals surface area contributed by atoms with Crippen LogP contribution < -0.4 is 11.1 Å². The standard InChI is InChI=1S/C19H33N3O.2ClH/c1-13(2)15(4)21-17-10-8-9-16(14(17)3)18(23)22(7)12-19(5,6)11-20;;/h8-10,13,15,21H,11-12,20H2,1-7H3;2*1H. The number of nitrogens with zero attached hydrogens (tertiary/aromatic N) is 1. The first-order valence-electron chi connectivity index (χ1n) is 8.40. The number of hydrogen-bond donors (Lipinski definition) is 2. The van der Waals surface area contributed by atoms with Gasteiger partial charge in [-0.15, -0.1) is 24.8 Å². The Labute approximate surface area is 165 Å². The van der Waals surface area contributed by atoms with E-state index in [1.165, 1.54) is 0 Å². The summed E-state index contributed by atoms with van der Waals surface area (Å²) < 4.78 is 0. The van der Waals surface area contributed by atoms with Gasteiger partial charge in [-0.3, -0.25) is 4.79 Å². The highest BCUT2D eigenvalue weighted by Crippen LogP contribution is 2.23. The molecule has 25 heavy (non-hydrogen) atoms. The molecule has 0 fully saturated rings. The molecule has 1 amide bonds. The molecule has 1 atom stereocenters. The van der Waals surface area contributed by atoms with Crippen LogP contribution in [0, 0.1) is 18.3 Å². The topological polar surface area (TPSA) is 58.4 Å². The first-order chi connectivity index (χ1) is 10.6. The fourth-order valence-electron chi connectivity index (χ4n) is 2.42. The number of amides is 1. The molecule has 0 bridgehead atoms. The fraction of sp³-hybridized carbons (Fsp3) is 0.632. The number of rotatable bonds is 7. The van der Waals surface area contributed by atoms with Crippen LogP contribution in [0.1, 0.15) is 50.5 Å². The van der Waals surface area contributed by atoms with Crippen molar-refractivity contribution in [2.24, 2.45) is 17.1 Å². The summed E-state index contributed by atoms with van der Waals surface area (Å²) in [6.07, 6.45) is 0. The third kappa shape index (κ3) is 7.43. The quantitative estimate of drug-likeness (QED) is 0.725. The predicted octanol–water partition coefficient (Wildman–Crippen LogP) is 4.35. The van der Waals surface area contributed by atoms with E-state index in [1.807, 2.05) is 32.2 Å². The number of carbonyl (C=O) groups is 1. The van der Waals surface area contributed by atoms with Crippen LogP contribution in [0.4, 0.5) is 5.69 Å². The maximum Gasteiger partial charge on any atom is 0.253 e. The summed E-state index contributed by atoms with van der Waals surface area (Å²) in [5, 5.41) is 3.51. The molecule has 0 saturated carbocycles. The normalized spacial score (nSPS) is 12.0. The maximum atomic E-state index is 12.8. The van der Waals surface area contributed by atoms with Gasteiger partial charge in [0.05, 0.1) is 0 Å². The van der Waals surface area contributed by atoms with Gasteiger partial charge >= 0.3 is 0 Å². The van der Waals surface area contributed by atoms with Crippen molar-refractivity contribution in [1.82, 2.24) is 4.90 Å². The Morgan fingerprint density at radius 3 is 2.28 bits per heavy atom. The maximum absolute atomic E-state index is 12.8. The average Bonchev–Trinajstić information content (AvgIpc) is 2.48. The molecule has 1 aromatic rings. The highest BCUT2D eigenvalue weighted by atomic mass is 35.5. The van der Waals surface area contributed by atoms with Gasteiger partial charge < -0.3 is 16.0 Å². The Morgan fingerprint density at radius 2 is 1.80 bits per heavy atom. The molecule has 146 valence electrons. The summed E-state index contributed by atoms with van der Waals surface area (Å²) in [4.78, 5) is 14.6. The third-order valence-corrected chi connectivity index (χ3v) is 4.51. The van der Waals surface area contributed by atoms with E-state index in [0.717, 1.165) is 16.8 Å². The summed E-state index contributed by atoms with van der Waals surface area (Å²) in [5.74, 6) is 0.576. The van der Waals surface area contributed by atoms with Crippen LogP contribution in [-0.4, -0.2) is 37.0 Å². The molecule has 0 aliphatic rings. The van der Waals surface area contributed by atoms with Crippen LogP contribution in [0.25, 0.3) is 0 Å². The fourth-order valence-corrected chi connectivity index (χ4v) is 2.42. The molecule has 0 aromatic heterocycles. The summed E-state index contributed by atoms with van der Waals surface area (Å²) in [7, 11) is 1.84. The summed E-state index contributed by atoms with van der Waals surface area (Å²) in [5.41, 5.74) is 8.48. The second kappa shape index (κ2) is 10.9. The molecule has 1 unspecified atom stereocenters. The summed E-state index contributed by atoms with van der Waals surface area (Å²) in [6, 6.07) is 6.23. The average molecular weight is 392 g/mol. The zero-order chi connectivity index (χ0) is 17.8. The molecule has 0 radical (unpaired) electrons. The number of nitrogens with one attached hydrogen (secondary N) is 1. The highest BCUT2D eigenvalue weighted by molar-refractivity contribution is 5.97. The van der Waals surface area contributed by atoms with E-state index in [4.69, 9.17) is 5.73 Å². The molecule has 3 N–H and O–H groups in total. The van der Waals surface area contributed by atoms with Crippen molar-refractivity contribution >= 4 is 36.4 Å². The lowest BCUT2D eigenvalue weighted by Crippen LogP contribution is -2.40. The van der Waals surface area contributed by atoms with Gasteiger partial charge in [0.2, 0.25) is 0 Å². The van der Waals surface area contributed by atoms with E-state index in [0.29, 0.717) is 25.0 Å². The molecule has 0 heterocycles. The van der Waals surface area contributed by atoms with E-state index >= 15 is 0 Å². The molecule has 0 aliphatic carbocycles. The van der Waals surface area contributed by atoms with Crippen molar-refractivity contribution < 1.29 is 4.79 Å². The molecule has 0 spiro atoms. The van der Waals surface area contributed by atoms with Crippen LogP contribution >= 0.6 is 24.8 Å². The van der Waals surface area contributed by atoms with Gasteiger partial charge in [-0.25, -0.2) is 0 Å². The Hall–Kier alpha value is -0.970. The van der Waals surface area contributed by atoms with Crippen molar-refractivity contribution in [3.63, 3.8) is 0 Å². The molecular weight excluding hydrogens is 357 g/mol. The second-order valence-corrected chi connectivity index (χ2v) is 7.68. The first-order valence-corrected chi connectivity index (χ1v) is 8.40. The van der Waals surface area contributed by atoms with Crippen molar-refractivity contribution in [3.8, 4) is 0 Å². The Balaban J connectivity index is 0. The van der Waals surface area contributed by atoms with E-state index in [1.54, 1.807) is 4.90 Å². The third-order valence-electron chi connectivity index (χ3n) is 4.51. The molecule has 6 heteroatoms. The zero-order valence-electron chi connectivity index (χ0n) is 16.6. The van der Waals surface area contributed by atoms with Crippen molar-refractivity contribution in [2.45, 2.75) is 47.6 Å². The molecule has 1 aromatic carbocycles. The number of carbonyl (C=O) groups excluding carboxylic acids is 1. The summed E-state index contributed by atoms with van der Waals surface area (Å²) in [6.45, 7) is 13.9. The van der Waals surface area contributed by atoms with Gasteiger partial charge in [0, 0.05) is 30.9 Å². The van der Waals surface area contributed by atoms with Gasteiger partial charge in [0.1, 0.15) is 0 Å². The van der Waals surface area contributed by atoms with E-state index in [-0.39, 0.29) is 36.1 Å². The van der Waals surface area contributed by atoms with E-state index in [2.05, 4.69) is 39.9 Å². The number of benzene rings is 1. The lowest BCUT2D eigenvalue weighted by atomic mass is 9.93. The monoisotopic (exact) mass is 391 g/mol. The molecule has 1 rings (SSSR count). The minimum absolute atomic E-state index is 0. The van der Waals surface area contributed by atoms with Crippen LogP contribution in [0.3, 0.4) is 0 Å². The smallest absolute Gasteiger partial charge is 0.253 e. The van der Waals surface area contributed by atoms with Crippen LogP contribution in [-0.2, 0) is 0 Å². The summed E-state index contributed by atoms with van der Waals surface area (Å²) >= 11 is 0. The first kappa shape index (κ1) is 26.3. The van der Waals surface area contributed by atoms with Crippen LogP contribution in [0.2, 0.25) is 0 Å². The second-order valence-electron chi connectivity index (χ2n) is 7.68. The largest absolute Gasteiger partial charge is 0.382 e. The minimum Gasteiger partial charge on any atom is -0.382 e. The minimum atomic E-state index is -0.0830. The van der Waals surface area contributed by atoms with Gasteiger partial charge in [-0.05, 0) is 49.4 Å². The molecule has 0 aliphatic heterocycles. The molecule has 0 saturated heterocycles.